The predicted molar refractivity (Wildman–Crippen MR) is 62.1 cm³/mol. The molecular formula is C9H10O2S2Sn. The molecule has 0 saturated heterocycles. The van der Waals surface area contributed by atoms with Crippen molar-refractivity contribution in [3.63, 3.8) is 0 Å². The Bertz CT molecular complexity index is 316. The molecule has 0 fully saturated rings. The molecule has 0 atom stereocenters. The van der Waals surface area contributed by atoms with E-state index in [2.05, 4.69) is 9.88 Å². The summed E-state index contributed by atoms with van der Waals surface area (Å²) >= 11 is 9.82. The summed E-state index contributed by atoms with van der Waals surface area (Å²) in [5, 5.41) is 8.52. The van der Waals surface area contributed by atoms with E-state index in [9.17, 15) is 4.79 Å². The van der Waals surface area contributed by atoms with E-state index in [4.69, 9.17) is 30.4 Å². The molecule has 0 bridgehead atoms. The van der Waals surface area contributed by atoms with Gasteiger partial charge in [0.2, 0.25) is 0 Å². The van der Waals surface area contributed by atoms with Gasteiger partial charge in [-0.15, -0.1) is 0 Å². The molecule has 0 aliphatic heterocycles. The van der Waals surface area contributed by atoms with Gasteiger partial charge in [-0.2, -0.15) is 9.79 Å². The average molecular weight is 333 g/mol. The van der Waals surface area contributed by atoms with Crippen molar-refractivity contribution in [2.75, 3.05) is 0 Å². The fourth-order valence-electron chi connectivity index (χ4n) is 0.641. The average Bonchev–Trinajstić information content (AvgIpc) is 2.10. The molecule has 0 heterocycles. The first-order valence-corrected chi connectivity index (χ1v) is 10.3. The summed E-state index contributed by atoms with van der Waals surface area (Å²) in [5.41, 5.74) is 0.184. The van der Waals surface area contributed by atoms with Gasteiger partial charge in [-0.25, -0.2) is 4.79 Å². The van der Waals surface area contributed by atoms with Crippen molar-refractivity contribution in [3.8, 4) is 0 Å². The van der Waals surface area contributed by atoms with Crippen molar-refractivity contribution >= 4 is 52.4 Å². The van der Waals surface area contributed by atoms with Gasteiger partial charge in [0.15, 0.2) is 0 Å². The first-order valence-electron chi connectivity index (χ1n) is 3.82. The Balaban J connectivity index is 0.000000500. The summed E-state index contributed by atoms with van der Waals surface area (Å²) < 4.78 is 0. The van der Waals surface area contributed by atoms with E-state index in [-0.39, 0.29) is 26.7 Å². The minimum absolute atomic E-state index is 0.184. The summed E-state index contributed by atoms with van der Waals surface area (Å²) in [6.07, 6.45) is 0. The zero-order valence-electron chi connectivity index (χ0n) is 7.90. The molecule has 0 aliphatic carbocycles. The molecule has 1 rings (SSSR count). The number of aromatic carboxylic acids is 1. The van der Waals surface area contributed by atoms with Gasteiger partial charge in [0.1, 0.15) is 0 Å². The standard InChI is InChI=1S/C7H6O2S2.2CH3.Sn/c8-7(9)4-1-2-5(10)6(11)3-4;;;/h1-3,10-11H,(H,8,9);2*1H3;/q;;;+2/p-2. The number of carboxylic acids is 1. The SMILES string of the molecule is O=C(O)c1ccc([S-])c([S-])c1.[CH3][Sn+2][CH3]. The first kappa shape index (κ1) is 13.9. The zero-order chi connectivity index (χ0) is 11.1. The number of rotatable bonds is 1. The topological polar surface area (TPSA) is 37.3 Å². The quantitative estimate of drug-likeness (QED) is 0.630. The van der Waals surface area contributed by atoms with Crippen LogP contribution in [0.3, 0.4) is 0 Å². The van der Waals surface area contributed by atoms with Crippen molar-refractivity contribution in [1.29, 1.82) is 0 Å². The second-order valence-corrected chi connectivity index (χ2v) is 6.20. The Morgan fingerprint density at radius 3 is 2.14 bits per heavy atom. The van der Waals surface area contributed by atoms with E-state index in [0.717, 1.165) is 0 Å². The van der Waals surface area contributed by atoms with E-state index >= 15 is 0 Å². The van der Waals surface area contributed by atoms with E-state index in [1.54, 1.807) is 0 Å². The summed E-state index contributed by atoms with van der Waals surface area (Å²) in [6.45, 7) is 0. The molecule has 0 amide bonds. The molecule has 14 heavy (non-hydrogen) atoms. The van der Waals surface area contributed by atoms with Gasteiger partial charge >= 0.3 is 37.0 Å². The van der Waals surface area contributed by atoms with E-state index in [1.165, 1.54) is 18.2 Å². The Hall–Kier alpha value is -0.0713. The van der Waals surface area contributed by atoms with Gasteiger partial charge in [-0.05, 0) is 6.07 Å². The Morgan fingerprint density at radius 2 is 1.79 bits per heavy atom. The third-order valence-electron chi connectivity index (χ3n) is 1.19. The summed E-state index contributed by atoms with van der Waals surface area (Å²) in [7, 11) is 0. The number of hydrogen-bond acceptors (Lipinski definition) is 3. The molecule has 1 N–H and O–H groups in total. The van der Waals surface area contributed by atoms with Crippen LogP contribution in [0, 0.1) is 0 Å². The van der Waals surface area contributed by atoms with Crippen LogP contribution in [0.25, 0.3) is 0 Å². The number of benzene rings is 1. The van der Waals surface area contributed by atoms with Crippen LogP contribution >= 0.6 is 0 Å². The van der Waals surface area contributed by atoms with Crippen molar-refractivity contribution in [2.24, 2.45) is 0 Å². The molecule has 0 saturated carbocycles. The van der Waals surface area contributed by atoms with Crippen molar-refractivity contribution < 1.29 is 9.90 Å². The fourth-order valence-corrected chi connectivity index (χ4v) is 0.963. The molecular weight excluding hydrogens is 323 g/mol. The Labute approximate surface area is 105 Å². The van der Waals surface area contributed by atoms with Gasteiger partial charge in [0.05, 0.1) is 5.56 Å². The fraction of sp³-hybridized carbons (Fsp3) is 0.222. The molecule has 0 aliphatic rings. The second kappa shape index (κ2) is 7.25. The third kappa shape index (κ3) is 4.97. The Morgan fingerprint density at radius 1 is 1.29 bits per heavy atom. The Kier molecular flexibility index (Phi) is 7.21. The minimum atomic E-state index is -0.980. The molecule has 1 aromatic rings. The first-order chi connectivity index (χ1) is 6.52. The number of hydrogen-bond donors (Lipinski definition) is 1. The predicted octanol–water partition coefficient (Wildman–Crippen LogP) is 1.98. The van der Waals surface area contributed by atoms with Crippen molar-refractivity contribution in [3.05, 3.63) is 23.8 Å². The van der Waals surface area contributed by atoms with E-state index in [1.807, 2.05) is 0 Å². The van der Waals surface area contributed by atoms with Gasteiger partial charge in [0.25, 0.3) is 0 Å². The summed E-state index contributed by atoms with van der Waals surface area (Å²) in [4.78, 5) is 15.9. The van der Waals surface area contributed by atoms with Gasteiger partial charge in [-0.1, -0.05) is 12.1 Å². The number of carbonyl (C=O) groups is 1. The van der Waals surface area contributed by atoms with Crippen LogP contribution in [0.15, 0.2) is 28.0 Å². The van der Waals surface area contributed by atoms with E-state index < -0.39 is 5.97 Å². The van der Waals surface area contributed by atoms with E-state index in [0.29, 0.717) is 9.79 Å². The van der Waals surface area contributed by atoms with Crippen LogP contribution in [0.1, 0.15) is 10.4 Å². The van der Waals surface area contributed by atoms with Gasteiger partial charge < -0.3 is 30.4 Å². The van der Waals surface area contributed by atoms with Gasteiger partial charge in [0, 0.05) is 0 Å². The summed E-state index contributed by atoms with van der Waals surface area (Å²) in [6, 6.07) is 4.36. The normalized spacial score (nSPS) is 8.14. The van der Waals surface area contributed by atoms with Gasteiger partial charge in [-0.3, -0.25) is 0 Å². The zero-order valence-corrected chi connectivity index (χ0v) is 12.4. The molecule has 5 heteroatoms. The van der Waals surface area contributed by atoms with Crippen LogP contribution in [-0.4, -0.2) is 32.2 Å². The molecule has 0 spiro atoms. The van der Waals surface area contributed by atoms with Crippen LogP contribution < -0.4 is 0 Å². The summed E-state index contributed by atoms with van der Waals surface area (Å²) in [5.74, 6) is -0.980. The van der Waals surface area contributed by atoms with Crippen LogP contribution in [0.4, 0.5) is 0 Å². The maximum absolute atomic E-state index is 10.4. The molecule has 1 aromatic carbocycles. The maximum atomic E-state index is 10.4. The third-order valence-corrected chi connectivity index (χ3v) is 2.01. The molecule has 0 radical (unpaired) electrons. The number of carboxylic acid groups (broad SMARTS) is 1. The van der Waals surface area contributed by atoms with Crippen molar-refractivity contribution in [2.45, 2.75) is 19.7 Å². The molecule has 0 unspecified atom stereocenters. The van der Waals surface area contributed by atoms with Crippen LogP contribution in [-0.2, 0) is 25.3 Å². The second-order valence-electron chi connectivity index (χ2n) is 2.47. The van der Waals surface area contributed by atoms with Crippen LogP contribution in [0.5, 0.6) is 0 Å². The molecule has 2 nitrogen and oxygen atoms in total. The van der Waals surface area contributed by atoms with Crippen molar-refractivity contribution in [1.82, 2.24) is 0 Å². The molecule has 0 aromatic heterocycles. The molecule has 74 valence electrons. The monoisotopic (exact) mass is 334 g/mol. The van der Waals surface area contributed by atoms with Crippen LogP contribution in [0.2, 0.25) is 9.88 Å².